The van der Waals surface area contributed by atoms with Crippen molar-refractivity contribution in [2.45, 2.75) is 0 Å². The van der Waals surface area contributed by atoms with Crippen LogP contribution in [0.3, 0.4) is 0 Å². The van der Waals surface area contributed by atoms with Crippen molar-refractivity contribution in [3.8, 4) is 28.3 Å². The van der Waals surface area contributed by atoms with Crippen LogP contribution in [-0.4, -0.2) is 0 Å². The van der Waals surface area contributed by atoms with Crippen LogP contribution >= 0.6 is 7.14 Å². The summed E-state index contributed by atoms with van der Waals surface area (Å²) in [6.45, 7) is 0. The summed E-state index contributed by atoms with van der Waals surface area (Å²) in [5.41, 5.74) is 7.87. The largest absolute Gasteiger partial charge is 0.456 e. The zero-order valence-corrected chi connectivity index (χ0v) is 26.5. The molecule has 0 amide bonds. The Morgan fingerprint density at radius 2 is 0.833 bits per heavy atom. The number of rotatable bonds is 5. The van der Waals surface area contributed by atoms with Gasteiger partial charge in [0.15, 0.2) is 7.14 Å². The van der Waals surface area contributed by atoms with Crippen LogP contribution in [0.25, 0.3) is 66.1 Å². The fourth-order valence-electron chi connectivity index (χ4n) is 6.77. The molecule has 0 aliphatic rings. The van der Waals surface area contributed by atoms with Crippen molar-refractivity contribution < 1.29 is 13.4 Å². The first-order chi connectivity index (χ1) is 23.6. The van der Waals surface area contributed by atoms with Crippen LogP contribution in [0.15, 0.2) is 167 Å². The lowest BCUT2D eigenvalue weighted by Gasteiger charge is -2.20. The summed E-state index contributed by atoms with van der Waals surface area (Å²) in [5, 5.41) is 15.8. The zero-order chi connectivity index (χ0) is 32.2. The summed E-state index contributed by atoms with van der Waals surface area (Å²) >= 11 is 0. The summed E-state index contributed by atoms with van der Waals surface area (Å²) in [6, 6.07) is 54.0. The van der Waals surface area contributed by atoms with Gasteiger partial charge in [0.25, 0.3) is 0 Å². The van der Waals surface area contributed by atoms with Gasteiger partial charge < -0.3 is 13.4 Å². The molecule has 9 rings (SSSR count). The molecular formula is C43H26NO3P. The molecule has 0 aliphatic carbocycles. The van der Waals surface area contributed by atoms with Crippen LogP contribution in [0.4, 0.5) is 0 Å². The Morgan fingerprint density at radius 1 is 0.417 bits per heavy atom. The highest BCUT2D eigenvalue weighted by molar-refractivity contribution is 7.85. The minimum atomic E-state index is -3.11. The van der Waals surface area contributed by atoms with Gasteiger partial charge >= 0.3 is 0 Å². The predicted molar refractivity (Wildman–Crippen MR) is 196 cm³/mol. The van der Waals surface area contributed by atoms with Crippen molar-refractivity contribution >= 4 is 66.9 Å². The average molecular weight is 636 g/mol. The van der Waals surface area contributed by atoms with E-state index in [1.165, 1.54) is 0 Å². The van der Waals surface area contributed by atoms with E-state index in [0.717, 1.165) is 82.0 Å². The number of benzene rings is 7. The molecule has 2 aromatic heterocycles. The van der Waals surface area contributed by atoms with Gasteiger partial charge in [0, 0.05) is 37.5 Å². The number of hydrogen-bond donors (Lipinski definition) is 0. The third-order valence-electron chi connectivity index (χ3n) is 9.18. The van der Waals surface area contributed by atoms with E-state index >= 15 is 4.57 Å². The summed E-state index contributed by atoms with van der Waals surface area (Å²) in [4.78, 5) is 0. The maximum atomic E-state index is 15.1. The fraction of sp³-hybridized carbons (Fsp3) is 0. The van der Waals surface area contributed by atoms with Crippen molar-refractivity contribution in [1.82, 2.24) is 0 Å². The van der Waals surface area contributed by atoms with E-state index in [2.05, 4.69) is 54.6 Å². The van der Waals surface area contributed by atoms with Crippen molar-refractivity contribution in [3.63, 3.8) is 0 Å². The van der Waals surface area contributed by atoms with Gasteiger partial charge in [-0.05, 0) is 82.9 Å². The summed E-state index contributed by atoms with van der Waals surface area (Å²) in [7, 11) is -3.11. The molecule has 2 heterocycles. The van der Waals surface area contributed by atoms with Gasteiger partial charge in [0.1, 0.15) is 22.3 Å². The quantitative estimate of drug-likeness (QED) is 0.177. The molecular weight excluding hydrogens is 609 g/mol. The zero-order valence-electron chi connectivity index (χ0n) is 25.6. The summed E-state index contributed by atoms with van der Waals surface area (Å²) < 4.78 is 27.4. The third-order valence-corrected chi connectivity index (χ3v) is 12.2. The van der Waals surface area contributed by atoms with E-state index in [0.29, 0.717) is 5.56 Å². The van der Waals surface area contributed by atoms with Gasteiger partial charge in [-0.3, -0.25) is 0 Å². The number of fused-ring (bicyclic) bond motifs is 6. The van der Waals surface area contributed by atoms with Gasteiger partial charge in [-0.25, -0.2) is 0 Å². The first-order valence-electron chi connectivity index (χ1n) is 15.7. The molecule has 0 aliphatic heterocycles. The standard InChI is InChI=1S/C43H26NO3P/c44-27-28-14-18-40-36(22-28)37-25-31(16-20-41(37)46-40)32-17-21-43-39(26-32)38-24-30(15-19-42(38)47-43)29-8-7-13-35(23-29)48(45,33-9-3-1-4-10-33)34-11-5-2-6-12-34/h1-26H. The number of nitriles is 1. The van der Waals surface area contributed by atoms with E-state index in [1.807, 2.05) is 103 Å². The molecule has 0 spiro atoms. The number of hydrogen-bond acceptors (Lipinski definition) is 4. The van der Waals surface area contributed by atoms with E-state index < -0.39 is 7.14 Å². The Labute approximate surface area is 276 Å². The Morgan fingerprint density at radius 3 is 1.31 bits per heavy atom. The molecule has 7 aromatic carbocycles. The van der Waals surface area contributed by atoms with Gasteiger partial charge in [-0.1, -0.05) is 97.1 Å². The van der Waals surface area contributed by atoms with Crippen LogP contribution in [-0.2, 0) is 4.57 Å². The topological polar surface area (TPSA) is 67.1 Å². The van der Waals surface area contributed by atoms with E-state index in [4.69, 9.17) is 8.83 Å². The molecule has 5 heteroatoms. The van der Waals surface area contributed by atoms with Gasteiger partial charge in [0.05, 0.1) is 11.6 Å². The van der Waals surface area contributed by atoms with Gasteiger partial charge in [-0.15, -0.1) is 0 Å². The Hall–Kier alpha value is -6.14. The lowest BCUT2D eigenvalue weighted by atomic mass is 9.99. The number of nitrogens with zero attached hydrogens (tertiary/aromatic N) is 1. The SMILES string of the molecule is N#Cc1ccc2oc3ccc(-c4ccc5oc6ccc(-c7cccc(P(=O)(c8ccccc8)c8ccccc8)c7)cc6c5c4)cc3c2c1. The predicted octanol–water partition coefficient (Wildman–Crippen LogP) is 10.3. The molecule has 0 radical (unpaired) electrons. The first kappa shape index (κ1) is 28.1. The Balaban J connectivity index is 1.15. The molecule has 0 saturated carbocycles. The molecule has 48 heavy (non-hydrogen) atoms. The second-order valence-electron chi connectivity index (χ2n) is 12.0. The lowest BCUT2D eigenvalue weighted by molar-refractivity contribution is 0.592. The van der Waals surface area contributed by atoms with E-state index in [-0.39, 0.29) is 0 Å². The molecule has 9 aromatic rings. The summed E-state index contributed by atoms with van der Waals surface area (Å²) in [5.74, 6) is 0. The monoisotopic (exact) mass is 635 g/mol. The molecule has 226 valence electrons. The Bertz CT molecular complexity index is 2730. The minimum absolute atomic E-state index is 0.603. The third kappa shape index (κ3) is 4.48. The molecule has 0 bridgehead atoms. The van der Waals surface area contributed by atoms with Crippen molar-refractivity contribution in [2.75, 3.05) is 0 Å². The second-order valence-corrected chi connectivity index (χ2v) is 14.8. The molecule has 0 N–H and O–H groups in total. The van der Waals surface area contributed by atoms with Crippen molar-refractivity contribution in [3.05, 3.63) is 163 Å². The van der Waals surface area contributed by atoms with E-state index in [1.54, 1.807) is 6.07 Å². The van der Waals surface area contributed by atoms with Crippen LogP contribution in [0.1, 0.15) is 5.56 Å². The normalized spacial score (nSPS) is 11.8. The highest BCUT2D eigenvalue weighted by Gasteiger charge is 2.29. The molecule has 0 fully saturated rings. The van der Waals surface area contributed by atoms with Gasteiger partial charge in [-0.2, -0.15) is 5.26 Å². The maximum absolute atomic E-state index is 15.1. The number of furan rings is 2. The molecule has 4 nitrogen and oxygen atoms in total. The van der Waals surface area contributed by atoms with Crippen LogP contribution < -0.4 is 15.9 Å². The van der Waals surface area contributed by atoms with Crippen LogP contribution in [0.5, 0.6) is 0 Å². The summed E-state index contributed by atoms with van der Waals surface area (Å²) in [6.07, 6.45) is 0. The maximum Gasteiger partial charge on any atom is 0.171 e. The first-order valence-corrected chi connectivity index (χ1v) is 17.4. The van der Waals surface area contributed by atoms with Gasteiger partial charge in [0.2, 0.25) is 0 Å². The van der Waals surface area contributed by atoms with Crippen molar-refractivity contribution in [2.24, 2.45) is 0 Å². The molecule has 0 atom stereocenters. The molecule has 0 unspecified atom stereocenters. The lowest BCUT2D eigenvalue weighted by Crippen LogP contribution is -2.25. The highest BCUT2D eigenvalue weighted by atomic mass is 31.2. The Kier molecular flexibility index (Phi) is 6.44. The smallest absolute Gasteiger partial charge is 0.171 e. The molecule has 0 saturated heterocycles. The second kappa shape index (κ2) is 11.0. The minimum Gasteiger partial charge on any atom is -0.456 e. The van der Waals surface area contributed by atoms with Crippen LogP contribution in [0.2, 0.25) is 0 Å². The van der Waals surface area contributed by atoms with Crippen LogP contribution in [0, 0.1) is 11.3 Å². The van der Waals surface area contributed by atoms with E-state index in [9.17, 15) is 5.26 Å². The fourth-order valence-corrected chi connectivity index (χ4v) is 9.46. The van der Waals surface area contributed by atoms with Crippen molar-refractivity contribution in [1.29, 1.82) is 5.26 Å². The average Bonchev–Trinajstić information content (AvgIpc) is 3.71. The highest BCUT2D eigenvalue weighted by Crippen LogP contribution is 2.43.